The maximum atomic E-state index is 8.15. The van der Waals surface area contributed by atoms with Gasteiger partial charge in [-0.2, -0.15) is 0 Å². The zero-order valence-electron chi connectivity index (χ0n) is 76.6. The van der Waals surface area contributed by atoms with Crippen LogP contribution in [0, 0.1) is 60.9 Å². The van der Waals surface area contributed by atoms with Crippen LogP contribution < -0.4 is 18.3 Å². The lowest BCUT2D eigenvalue weighted by Gasteiger charge is -2.27. The van der Waals surface area contributed by atoms with Crippen molar-refractivity contribution < 1.29 is 35.9 Å². The first kappa shape index (κ1) is 85.7. The summed E-state index contributed by atoms with van der Waals surface area (Å²) in [6.45, 7) is 56.3. The number of hydrogen-bond acceptors (Lipinski definition) is 4. The first-order chi connectivity index (χ1) is 61.1. The Hall–Kier alpha value is -12.5. The summed E-state index contributed by atoms with van der Waals surface area (Å²) in [5, 5.41) is 8.96. The summed E-state index contributed by atoms with van der Waals surface area (Å²) < 4.78 is 35.3. The van der Waals surface area contributed by atoms with Gasteiger partial charge in [0, 0.05) is 97.2 Å². The summed E-state index contributed by atoms with van der Waals surface area (Å²) in [5.41, 5.74) is 33.4. The molecule has 8 heterocycles. The van der Waals surface area contributed by atoms with Crippen molar-refractivity contribution in [2.75, 3.05) is 0 Å². The number of nitrogens with zero attached hydrogens (tertiary/aromatic N) is 8. The van der Waals surface area contributed by atoms with Crippen molar-refractivity contribution in [3.63, 3.8) is 0 Å². The highest BCUT2D eigenvalue weighted by molar-refractivity contribution is 6.18. The van der Waals surface area contributed by atoms with Gasteiger partial charge in [-0.3, -0.25) is 0 Å². The number of benzene rings is 8. The topological polar surface area (TPSA) is 85.5 Å². The molecule has 12 nitrogen and oxygen atoms in total. The predicted molar refractivity (Wildman–Crippen MR) is 516 cm³/mol. The van der Waals surface area contributed by atoms with Gasteiger partial charge in [0.15, 0.2) is 30.5 Å². The monoisotopic (exact) mass is 1660 g/mol. The molecule has 4 aliphatic carbocycles. The van der Waals surface area contributed by atoms with Gasteiger partial charge in [0.1, 0.15) is 72.9 Å². The molecule has 4 fully saturated rings. The number of hydrogen-bond donors (Lipinski definition) is 0. The summed E-state index contributed by atoms with van der Waals surface area (Å²) in [7, 11) is 8.29. The molecule has 12 heteroatoms. The van der Waals surface area contributed by atoms with Crippen LogP contribution in [0.5, 0.6) is 0 Å². The molecule has 126 heavy (non-hydrogen) atoms. The molecular formula is C114H120N8O4+4. The Morgan fingerprint density at radius 1 is 0.278 bits per heavy atom. The predicted octanol–water partition coefficient (Wildman–Crippen LogP) is 31.6. The molecule has 0 N–H and O–H groups in total. The average Bonchev–Trinajstić information content (AvgIpc) is 1.57. The Bertz CT molecular complexity index is 7100. The molecule has 0 unspecified atom stereocenters. The highest BCUT2D eigenvalue weighted by Gasteiger charge is 2.35. The molecule has 0 spiro atoms. The molecule has 16 aromatic rings. The maximum absolute atomic E-state index is 8.15. The SMILES string of the molecule is [C-]#[N+]c1c(C)cc2c(oc3c(-c4cccc[n+]4C)c(C)ccc32)c1C1CCCCC1.[C-]#[N+]c1c(C2CCCCC2)c(C(C)C)cc2c1oc1c(-c3cccc[n+]3C)c(C)ccc12.[C-]#[N+]c1c(C2CCCCC2)cc(C(C)C)c2c1oc1c(-c3cccc[n+]3C)c(C)ccc12.[C-]#[N+]c1c(C2CCCCC2)ccc2c1oc1c(-c3cccc[n+]3C)c(C)cc(C(C)C)c12. The van der Waals surface area contributed by atoms with Gasteiger partial charge in [-0.15, -0.1) is 0 Å². The maximum Gasteiger partial charge on any atom is 0.233 e. The first-order valence-electron chi connectivity index (χ1n) is 46.5. The number of rotatable bonds is 11. The van der Waals surface area contributed by atoms with Crippen LogP contribution in [0.25, 0.3) is 152 Å². The van der Waals surface area contributed by atoms with E-state index in [0.717, 1.165) is 174 Å². The molecule has 20 rings (SSSR count). The molecule has 8 aromatic heterocycles. The fraction of sp³-hybridized carbons (Fsp3) is 0.368. The van der Waals surface area contributed by atoms with Gasteiger partial charge in [0.25, 0.3) is 0 Å². The van der Waals surface area contributed by atoms with Gasteiger partial charge in [-0.25, -0.2) is 37.6 Å². The van der Waals surface area contributed by atoms with Crippen LogP contribution in [-0.2, 0) is 28.2 Å². The van der Waals surface area contributed by atoms with Crippen LogP contribution in [0.1, 0.15) is 278 Å². The Labute approximate surface area is 743 Å². The molecule has 0 atom stereocenters. The minimum Gasteiger partial charge on any atom is -0.466 e. The van der Waals surface area contributed by atoms with Crippen molar-refractivity contribution in [1.29, 1.82) is 0 Å². The third-order valence-electron chi connectivity index (χ3n) is 28.5. The number of pyridine rings is 4. The third kappa shape index (κ3) is 15.6. The van der Waals surface area contributed by atoms with E-state index in [2.05, 4.69) is 288 Å². The first-order valence-corrected chi connectivity index (χ1v) is 46.5. The van der Waals surface area contributed by atoms with E-state index in [0.29, 0.717) is 41.4 Å². The van der Waals surface area contributed by atoms with Crippen LogP contribution >= 0.6 is 0 Å². The molecule has 0 bridgehead atoms. The van der Waals surface area contributed by atoms with E-state index in [1.807, 2.05) is 24.3 Å². The Balaban J connectivity index is 0.000000119. The summed E-state index contributed by atoms with van der Waals surface area (Å²) in [5.74, 6) is 2.93. The van der Waals surface area contributed by atoms with Crippen molar-refractivity contribution >= 4 is 111 Å². The van der Waals surface area contributed by atoms with Gasteiger partial charge < -0.3 is 17.7 Å². The largest absolute Gasteiger partial charge is 0.466 e. The zero-order chi connectivity index (χ0) is 88.0. The lowest BCUT2D eigenvalue weighted by Crippen LogP contribution is -2.30. The van der Waals surface area contributed by atoms with Gasteiger partial charge in [-0.05, 0) is 213 Å². The third-order valence-corrected chi connectivity index (χ3v) is 28.5. The normalized spacial score (nSPS) is 15.0. The zero-order valence-corrected chi connectivity index (χ0v) is 76.6. The molecule has 4 saturated carbocycles. The molecule has 8 aromatic carbocycles. The Kier molecular flexibility index (Phi) is 24.6. The number of furan rings is 4. The molecule has 0 radical (unpaired) electrons. The fourth-order valence-electron chi connectivity index (χ4n) is 22.0. The number of aromatic nitrogens is 4. The van der Waals surface area contributed by atoms with E-state index >= 15 is 0 Å². The second kappa shape index (κ2) is 36.2. The second-order valence-electron chi connectivity index (χ2n) is 37.6. The van der Waals surface area contributed by atoms with E-state index in [1.54, 1.807) is 0 Å². The highest BCUT2D eigenvalue weighted by Crippen LogP contribution is 2.55. The lowest BCUT2D eigenvalue weighted by atomic mass is 9.78. The van der Waals surface area contributed by atoms with Crippen LogP contribution in [0.3, 0.4) is 0 Å². The average molecular weight is 1670 g/mol. The molecule has 4 aliphatic rings. The van der Waals surface area contributed by atoms with Crippen molar-refractivity contribution in [2.24, 2.45) is 28.2 Å². The fourth-order valence-corrected chi connectivity index (χ4v) is 22.0. The molecule has 0 amide bonds. The van der Waals surface area contributed by atoms with Crippen LogP contribution in [-0.4, -0.2) is 0 Å². The Morgan fingerprint density at radius 2 is 0.619 bits per heavy atom. The summed E-state index contributed by atoms with van der Waals surface area (Å²) in [6, 6.07) is 51.7. The van der Waals surface area contributed by atoms with Crippen LogP contribution in [0.15, 0.2) is 188 Å². The van der Waals surface area contributed by atoms with E-state index in [-0.39, 0.29) is 0 Å². The van der Waals surface area contributed by atoms with E-state index in [1.165, 1.54) is 177 Å². The highest BCUT2D eigenvalue weighted by atomic mass is 16.3. The van der Waals surface area contributed by atoms with Crippen LogP contribution in [0.4, 0.5) is 22.7 Å². The summed E-state index contributed by atoms with van der Waals surface area (Å²) >= 11 is 0. The molecule has 0 aliphatic heterocycles. The van der Waals surface area contributed by atoms with Gasteiger partial charge >= 0.3 is 0 Å². The van der Waals surface area contributed by atoms with Crippen molar-refractivity contribution in [2.45, 2.75) is 246 Å². The Morgan fingerprint density at radius 3 is 1.06 bits per heavy atom. The standard InChI is InChI=1S/3C29H31N2O.C27H27N2O/c1-18(2)23-17-19(3)25(24-13-9-10-16-31(24)5)29-26(23)22-15-14-21(20-11-7-6-8-12-20)27(30-4)28(22)32-29;1-18(2)22-17-23-21-15-14-19(3)25(24-13-9-10-16-31(24)5)28(21)32-29(23)27(30-4)26(22)20-11-7-6-8-12-20;1-18(2)22-17-23(20-11-7-6-8-12-20)27(30-4)29-26(22)21-15-14-19(3)25(28(21)32-29)24-13-9-10-16-31(24)5;1-17-13-14-20-21-16-18(2)25(28-3)24(19-10-6-5-7-11-19)27(21)30-26(20)23(17)22-12-8-9-15-29(22)4/h3*9-10,13-18,20H,6-8,11-12H2,1-3,5H3;8-9,12-16,19H,5-7,10-11H2,1-2,4H3/q4*+1. The van der Waals surface area contributed by atoms with E-state index < -0.39 is 0 Å². The number of fused-ring (bicyclic) bond motifs is 12. The van der Waals surface area contributed by atoms with Gasteiger partial charge in [0.2, 0.25) is 39.8 Å². The molecule has 0 saturated heterocycles. The van der Waals surface area contributed by atoms with E-state index in [9.17, 15) is 0 Å². The van der Waals surface area contributed by atoms with Crippen molar-refractivity contribution in [1.82, 2.24) is 0 Å². The molecular weight excluding hydrogens is 1550 g/mol. The van der Waals surface area contributed by atoms with Crippen molar-refractivity contribution in [3.8, 4) is 45.0 Å². The molecule has 636 valence electrons. The quantitative estimate of drug-likeness (QED) is 0.0954. The lowest BCUT2D eigenvalue weighted by molar-refractivity contribution is -0.660. The number of aryl methyl sites for hydroxylation is 9. The second-order valence-corrected chi connectivity index (χ2v) is 37.6. The minimum absolute atomic E-state index is 0.359. The van der Waals surface area contributed by atoms with Crippen LogP contribution in [0.2, 0.25) is 0 Å². The summed E-state index contributed by atoms with van der Waals surface area (Å²) in [6.07, 6.45) is 32.9. The van der Waals surface area contributed by atoms with E-state index in [4.69, 9.17) is 44.0 Å². The minimum atomic E-state index is 0.359. The van der Waals surface area contributed by atoms with Gasteiger partial charge in [0.05, 0.1) is 48.5 Å². The summed E-state index contributed by atoms with van der Waals surface area (Å²) in [4.78, 5) is 16.2. The van der Waals surface area contributed by atoms with Crippen molar-refractivity contribution in [3.05, 3.63) is 283 Å². The van der Waals surface area contributed by atoms with Gasteiger partial charge in [-0.1, -0.05) is 191 Å². The smallest absolute Gasteiger partial charge is 0.233 e.